The molecule has 6 nitrogen and oxygen atoms in total. The zero-order chi connectivity index (χ0) is 10.1. The first-order valence-electron chi connectivity index (χ1n) is 4.27. The molecule has 1 saturated heterocycles. The molecule has 0 aromatic carbocycles. The highest BCUT2D eigenvalue weighted by Crippen LogP contribution is 2.22. The van der Waals surface area contributed by atoms with Gasteiger partial charge in [0.1, 0.15) is 5.82 Å². The van der Waals surface area contributed by atoms with Crippen molar-refractivity contribution in [3.8, 4) is 0 Å². The number of nitrogens with zero attached hydrogens (tertiary/aromatic N) is 2. The molecule has 0 spiro atoms. The average Bonchev–Trinajstić information content (AvgIpc) is 2.71. The number of primary amides is 1. The summed E-state index contributed by atoms with van der Waals surface area (Å²) in [5.41, 5.74) is 5.13. The molecular weight excluding hydrogens is 184 g/mol. The van der Waals surface area contributed by atoms with Crippen LogP contribution in [0.1, 0.15) is 6.42 Å². The Morgan fingerprint density at radius 3 is 3.00 bits per heavy atom. The maximum atomic E-state index is 11.5. The van der Waals surface area contributed by atoms with Gasteiger partial charge in [-0.15, -0.1) is 0 Å². The number of nitrogens with two attached hydrogens (primary N) is 1. The van der Waals surface area contributed by atoms with Crippen molar-refractivity contribution in [1.29, 1.82) is 0 Å². The van der Waals surface area contributed by atoms with E-state index in [2.05, 4.69) is 10.2 Å². The first-order chi connectivity index (χ1) is 6.68. The van der Waals surface area contributed by atoms with Crippen LogP contribution in [-0.4, -0.2) is 28.6 Å². The molecular formula is C8H10N4O2. The summed E-state index contributed by atoms with van der Waals surface area (Å²) in [7, 11) is 0. The third-order valence-electron chi connectivity index (χ3n) is 2.30. The molecule has 1 atom stereocenters. The topological polar surface area (TPSA) is 92.1 Å². The first-order valence-corrected chi connectivity index (χ1v) is 4.27. The van der Waals surface area contributed by atoms with Gasteiger partial charge in [0.25, 0.3) is 0 Å². The molecule has 1 aromatic heterocycles. The molecule has 6 heteroatoms. The summed E-state index contributed by atoms with van der Waals surface area (Å²) in [4.78, 5) is 23.8. The maximum Gasteiger partial charge on any atom is 0.229 e. The summed E-state index contributed by atoms with van der Waals surface area (Å²) >= 11 is 0. The standard InChI is InChI=1S/C8H10N4O2/c9-8(14)5-3-7(13)12(4-5)6-1-2-10-11-6/h1-2,5H,3-4H2,(H2,9,14)(H,10,11). The first kappa shape index (κ1) is 8.74. The van der Waals surface area contributed by atoms with E-state index >= 15 is 0 Å². The fraction of sp³-hybridized carbons (Fsp3) is 0.375. The molecule has 2 heterocycles. The zero-order valence-electron chi connectivity index (χ0n) is 7.43. The number of H-pyrrole nitrogens is 1. The van der Waals surface area contributed by atoms with Crippen molar-refractivity contribution < 1.29 is 9.59 Å². The second kappa shape index (κ2) is 3.13. The van der Waals surface area contributed by atoms with Crippen molar-refractivity contribution in [3.05, 3.63) is 12.3 Å². The molecule has 0 saturated carbocycles. The number of hydrogen-bond donors (Lipinski definition) is 2. The molecule has 0 radical (unpaired) electrons. The van der Waals surface area contributed by atoms with E-state index in [9.17, 15) is 9.59 Å². The van der Waals surface area contributed by atoms with Crippen LogP contribution in [0.2, 0.25) is 0 Å². The lowest BCUT2D eigenvalue weighted by Gasteiger charge is -2.12. The number of nitrogens with one attached hydrogen (secondary N) is 1. The van der Waals surface area contributed by atoms with E-state index in [4.69, 9.17) is 5.73 Å². The van der Waals surface area contributed by atoms with Crippen LogP contribution in [0.5, 0.6) is 0 Å². The zero-order valence-corrected chi connectivity index (χ0v) is 7.43. The van der Waals surface area contributed by atoms with E-state index in [1.54, 1.807) is 12.3 Å². The summed E-state index contributed by atoms with van der Waals surface area (Å²) in [5, 5.41) is 6.41. The Bertz CT molecular complexity index is 359. The van der Waals surface area contributed by atoms with Gasteiger partial charge in [-0.1, -0.05) is 0 Å². The van der Waals surface area contributed by atoms with Gasteiger partial charge in [-0.05, 0) is 0 Å². The Hall–Kier alpha value is -1.85. The Kier molecular flexibility index (Phi) is 1.95. The van der Waals surface area contributed by atoms with Crippen molar-refractivity contribution in [3.63, 3.8) is 0 Å². The number of rotatable bonds is 2. The molecule has 3 N–H and O–H groups in total. The van der Waals surface area contributed by atoms with Gasteiger partial charge in [0.15, 0.2) is 0 Å². The number of amides is 2. The van der Waals surface area contributed by atoms with Crippen molar-refractivity contribution in [2.75, 3.05) is 11.4 Å². The van der Waals surface area contributed by atoms with E-state index in [0.29, 0.717) is 12.4 Å². The molecule has 0 aliphatic carbocycles. The summed E-state index contributed by atoms with van der Waals surface area (Å²) in [5.74, 6) is -0.303. The Morgan fingerprint density at radius 2 is 2.50 bits per heavy atom. The largest absolute Gasteiger partial charge is 0.369 e. The second-order valence-electron chi connectivity index (χ2n) is 3.25. The minimum absolute atomic E-state index is 0.0990. The number of hydrogen-bond acceptors (Lipinski definition) is 3. The number of anilines is 1. The van der Waals surface area contributed by atoms with Crippen molar-refractivity contribution in [1.82, 2.24) is 10.2 Å². The molecule has 1 aliphatic heterocycles. The smallest absolute Gasteiger partial charge is 0.229 e. The van der Waals surface area contributed by atoms with Crippen LogP contribution in [0.15, 0.2) is 12.3 Å². The monoisotopic (exact) mass is 194 g/mol. The lowest BCUT2D eigenvalue weighted by Crippen LogP contribution is -2.28. The SMILES string of the molecule is NC(=O)C1CC(=O)N(c2ccn[nH]2)C1. The minimum Gasteiger partial charge on any atom is -0.369 e. The summed E-state index contributed by atoms with van der Waals surface area (Å²) in [6, 6.07) is 1.68. The van der Waals surface area contributed by atoms with Gasteiger partial charge in [-0.3, -0.25) is 19.6 Å². The lowest BCUT2D eigenvalue weighted by atomic mass is 10.1. The van der Waals surface area contributed by atoms with Gasteiger partial charge in [0.2, 0.25) is 11.8 Å². The summed E-state index contributed by atoms with van der Waals surface area (Å²) in [6.07, 6.45) is 1.74. The van der Waals surface area contributed by atoms with Crippen LogP contribution in [0.3, 0.4) is 0 Å². The maximum absolute atomic E-state index is 11.5. The number of carbonyl (C=O) groups excluding carboxylic acids is 2. The predicted molar refractivity (Wildman–Crippen MR) is 48.2 cm³/mol. The molecule has 1 aliphatic rings. The van der Waals surface area contributed by atoms with E-state index in [1.807, 2.05) is 0 Å². The molecule has 1 unspecified atom stereocenters. The van der Waals surface area contributed by atoms with Gasteiger partial charge in [-0.25, -0.2) is 0 Å². The molecule has 74 valence electrons. The van der Waals surface area contributed by atoms with E-state index < -0.39 is 5.91 Å². The van der Waals surface area contributed by atoms with Gasteiger partial charge in [0, 0.05) is 19.0 Å². The molecule has 14 heavy (non-hydrogen) atoms. The van der Waals surface area contributed by atoms with Crippen LogP contribution >= 0.6 is 0 Å². The van der Waals surface area contributed by atoms with Gasteiger partial charge in [-0.2, -0.15) is 5.10 Å². The van der Waals surface area contributed by atoms with Crippen LogP contribution < -0.4 is 10.6 Å². The van der Waals surface area contributed by atoms with Crippen molar-refractivity contribution in [2.24, 2.45) is 11.7 Å². The van der Waals surface area contributed by atoms with Crippen LogP contribution in [0.25, 0.3) is 0 Å². The predicted octanol–water partition coefficient (Wildman–Crippen LogP) is -0.752. The normalized spacial score (nSPS) is 21.6. The van der Waals surface area contributed by atoms with Crippen molar-refractivity contribution >= 4 is 17.6 Å². The number of aromatic amines is 1. The quantitative estimate of drug-likeness (QED) is 0.648. The van der Waals surface area contributed by atoms with Crippen LogP contribution in [-0.2, 0) is 9.59 Å². The fourth-order valence-corrected chi connectivity index (χ4v) is 1.53. The van der Waals surface area contributed by atoms with E-state index in [0.717, 1.165) is 0 Å². The molecule has 0 bridgehead atoms. The van der Waals surface area contributed by atoms with Gasteiger partial charge in [0.05, 0.1) is 12.1 Å². The molecule has 2 amide bonds. The minimum atomic E-state index is -0.430. The highest BCUT2D eigenvalue weighted by molar-refractivity contribution is 5.99. The summed E-state index contributed by atoms with van der Waals surface area (Å²) < 4.78 is 0. The van der Waals surface area contributed by atoms with Crippen molar-refractivity contribution in [2.45, 2.75) is 6.42 Å². The third kappa shape index (κ3) is 1.34. The highest BCUT2D eigenvalue weighted by Gasteiger charge is 2.34. The molecule has 1 aromatic rings. The van der Waals surface area contributed by atoms with Crippen LogP contribution in [0.4, 0.5) is 5.82 Å². The molecule has 2 rings (SSSR count). The lowest BCUT2D eigenvalue weighted by molar-refractivity contribution is -0.123. The van der Waals surface area contributed by atoms with Gasteiger partial charge < -0.3 is 5.73 Å². The van der Waals surface area contributed by atoms with Crippen LogP contribution in [0, 0.1) is 5.92 Å². The van der Waals surface area contributed by atoms with Gasteiger partial charge >= 0.3 is 0 Å². The number of aromatic nitrogens is 2. The van der Waals surface area contributed by atoms with E-state index in [1.165, 1.54) is 4.90 Å². The Morgan fingerprint density at radius 1 is 1.71 bits per heavy atom. The van der Waals surface area contributed by atoms with E-state index in [-0.39, 0.29) is 18.2 Å². The third-order valence-corrected chi connectivity index (χ3v) is 2.30. The Balaban J connectivity index is 2.16. The average molecular weight is 194 g/mol. The fourth-order valence-electron chi connectivity index (χ4n) is 1.53. The summed E-state index contributed by atoms with van der Waals surface area (Å²) in [6.45, 7) is 0.344. The molecule has 1 fully saturated rings. The Labute approximate surface area is 80.1 Å². The highest BCUT2D eigenvalue weighted by atomic mass is 16.2. The number of carbonyl (C=O) groups is 2. The second-order valence-corrected chi connectivity index (χ2v) is 3.25.